The number of benzene rings is 2. The van der Waals surface area contributed by atoms with Crippen LogP contribution in [-0.2, 0) is 17.8 Å². The molecule has 2 aromatic carbocycles. The van der Waals surface area contributed by atoms with Gasteiger partial charge in [-0.15, -0.1) is 0 Å². The summed E-state index contributed by atoms with van der Waals surface area (Å²) in [6.07, 6.45) is 12.8. The Bertz CT molecular complexity index is 927. The van der Waals surface area contributed by atoms with Crippen LogP contribution in [0.1, 0.15) is 64.0 Å². The fourth-order valence-corrected chi connectivity index (χ4v) is 3.94. The topological polar surface area (TPSA) is 30.2 Å². The van der Waals surface area contributed by atoms with Crippen LogP contribution in [0.2, 0.25) is 0 Å². The van der Waals surface area contributed by atoms with Crippen LogP contribution in [0.4, 0.5) is 0 Å². The van der Waals surface area contributed by atoms with Gasteiger partial charge in [-0.3, -0.25) is 4.79 Å². The van der Waals surface area contributed by atoms with Gasteiger partial charge in [-0.25, -0.2) is 4.57 Å². The van der Waals surface area contributed by atoms with Crippen molar-refractivity contribution in [1.29, 1.82) is 0 Å². The van der Waals surface area contributed by atoms with Crippen LogP contribution in [0.3, 0.4) is 0 Å². The molecule has 0 fully saturated rings. The smallest absolute Gasteiger partial charge is 0.321 e. The Balaban J connectivity index is 0.00000341. The van der Waals surface area contributed by atoms with Crippen LogP contribution in [0.5, 0.6) is 5.75 Å². The monoisotopic (exact) mass is 439 g/mol. The molecule has 0 amide bonds. The van der Waals surface area contributed by atoms with Gasteiger partial charge in [-0.2, -0.15) is 0 Å². The van der Waals surface area contributed by atoms with Crippen molar-refractivity contribution in [3.8, 4) is 5.75 Å². The maximum atomic E-state index is 12.6. The van der Waals surface area contributed by atoms with Crippen LogP contribution in [0, 0.1) is 0 Å². The van der Waals surface area contributed by atoms with Gasteiger partial charge in [0.1, 0.15) is 18.7 Å². The molecule has 0 unspecified atom stereocenters. The standard InChI is InChI=1S/C27H34NO2.ClH/c1-2-3-4-5-6-7-8-14-20-28-21-19-23-15-12-13-18-25(23)26(28)22-27(29)30-24-16-10-9-11-17-24;/h9-13,15-19,21H,2-8,14,20,22H2,1H3;1H/q+1;/p-1. The van der Waals surface area contributed by atoms with Crippen molar-refractivity contribution in [2.45, 2.75) is 71.3 Å². The second-order valence-corrected chi connectivity index (χ2v) is 7.98. The Morgan fingerprint density at radius 2 is 1.45 bits per heavy atom. The zero-order valence-corrected chi connectivity index (χ0v) is 19.3. The lowest BCUT2D eigenvalue weighted by Crippen LogP contribution is -3.00. The van der Waals surface area contributed by atoms with Crippen molar-refractivity contribution in [1.82, 2.24) is 0 Å². The van der Waals surface area contributed by atoms with E-state index in [4.69, 9.17) is 4.74 Å². The molecular weight excluding hydrogens is 406 g/mol. The van der Waals surface area contributed by atoms with Gasteiger partial charge in [0.05, 0.1) is 0 Å². The molecule has 0 N–H and O–H groups in total. The van der Waals surface area contributed by atoms with Crippen LogP contribution in [0.25, 0.3) is 10.8 Å². The number of carbonyl (C=O) groups excluding carboxylic acids is 1. The average molecular weight is 440 g/mol. The van der Waals surface area contributed by atoms with Crippen LogP contribution < -0.4 is 21.7 Å². The molecule has 0 saturated heterocycles. The summed E-state index contributed by atoms with van der Waals surface area (Å²) in [7, 11) is 0. The van der Waals surface area contributed by atoms with Gasteiger partial charge in [-0.1, -0.05) is 81.8 Å². The van der Waals surface area contributed by atoms with Gasteiger partial charge in [-0.05, 0) is 30.0 Å². The summed E-state index contributed by atoms with van der Waals surface area (Å²) in [5.41, 5.74) is 1.04. The lowest BCUT2D eigenvalue weighted by atomic mass is 10.1. The normalized spacial score (nSPS) is 10.6. The van der Waals surface area contributed by atoms with Crippen molar-refractivity contribution in [2.24, 2.45) is 0 Å². The number of halogens is 1. The molecule has 4 heteroatoms. The van der Waals surface area contributed by atoms with Gasteiger partial charge < -0.3 is 17.1 Å². The highest BCUT2D eigenvalue weighted by Gasteiger charge is 2.20. The fraction of sp³-hybridized carbons (Fsp3) is 0.407. The Kier molecular flexibility index (Phi) is 11.1. The predicted octanol–water partition coefficient (Wildman–Crippen LogP) is 3.42. The molecule has 0 aliphatic carbocycles. The summed E-state index contributed by atoms with van der Waals surface area (Å²) in [5.74, 6) is 0.375. The number of ether oxygens (including phenoxy) is 1. The fourth-order valence-electron chi connectivity index (χ4n) is 3.94. The minimum Gasteiger partial charge on any atom is -1.00 e. The van der Waals surface area contributed by atoms with E-state index in [2.05, 4.69) is 35.9 Å². The molecule has 0 saturated carbocycles. The molecule has 0 radical (unpaired) electrons. The first-order chi connectivity index (χ1) is 14.8. The number of fused-ring (bicyclic) bond motifs is 1. The van der Waals surface area contributed by atoms with E-state index in [1.165, 1.54) is 44.9 Å². The summed E-state index contributed by atoms with van der Waals surface area (Å²) in [4.78, 5) is 12.6. The molecule has 0 aliphatic rings. The second kappa shape index (κ2) is 13.8. The van der Waals surface area contributed by atoms with Crippen LogP contribution >= 0.6 is 0 Å². The largest absolute Gasteiger partial charge is 1.00 e. The molecule has 1 aromatic heterocycles. The molecule has 0 atom stereocenters. The number of hydrogen-bond donors (Lipinski definition) is 0. The van der Waals surface area contributed by atoms with Crippen molar-refractivity contribution < 1.29 is 26.5 Å². The molecule has 0 aliphatic heterocycles. The lowest BCUT2D eigenvalue weighted by molar-refractivity contribution is -0.702. The van der Waals surface area contributed by atoms with Gasteiger partial charge in [0.2, 0.25) is 0 Å². The summed E-state index contributed by atoms with van der Waals surface area (Å²) in [5, 5.41) is 2.29. The number of aromatic nitrogens is 1. The van der Waals surface area contributed by atoms with Crippen molar-refractivity contribution in [3.63, 3.8) is 0 Å². The highest BCUT2D eigenvalue weighted by molar-refractivity contribution is 5.87. The van der Waals surface area contributed by atoms with Crippen molar-refractivity contribution in [3.05, 3.63) is 72.6 Å². The molecule has 3 rings (SSSR count). The SMILES string of the molecule is CCCCCCCCCC[n+]1ccc2ccccc2c1CC(=O)Oc1ccccc1.[Cl-]. The van der Waals surface area contributed by atoms with Gasteiger partial charge in [0, 0.05) is 17.9 Å². The molecular formula is C27H34ClNO2. The van der Waals surface area contributed by atoms with Crippen molar-refractivity contribution >= 4 is 16.7 Å². The van der Waals surface area contributed by atoms with Crippen LogP contribution in [0.15, 0.2) is 66.9 Å². The van der Waals surface area contributed by atoms with E-state index in [1.807, 2.05) is 42.5 Å². The Labute approximate surface area is 192 Å². The Morgan fingerprint density at radius 3 is 2.19 bits per heavy atom. The number of unbranched alkanes of at least 4 members (excludes halogenated alkanes) is 7. The van der Waals surface area contributed by atoms with E-state index >= 15 is 0 Å². The third-order valence-corrected chi connectivity index (χ3v) is 5.59. The number of esters is 1. The molecule has 0 spiro atoms. The molecule has 31 heavy (non-hydrogen) atoms. The quantitative estimate of drug-likeness (QED) is 0.187. The van der Waals surface area contributed by atoms with E-state index in [0.717, 1.165) is 29.4 Å². The first-order valence-electron chi connectivity index (χ1n) is 11.4. The number of rotatable bonds is 12. The van der Waals surface area contributed by atoms with Gasteiger partial charge >= 0.3 is 5.97 Å². The zero-order valence-electron chi connectivity index (χ0n) is 18.6. The number of pyridine rings is 1. The first-order valence-corrected chi connectivity index (χ1v) is 11.4. The number of nitrogens with zero attached hydrogens (tertiary/aromatic N) is 1. The van der Waals surface area contributed by atoms with E-state index in [9.17, 15) is 4.79 Å². The number of carbonyl (C=O) groups is 1. The van der Waals surface area contributed by atoms with E-state index in [0.29, 0.717) is 5.75 Å². The minimum absolute atomic E-state index is 0. The second-order valence-electron chi connectivity index (χ2n) is 7.98. The first kappa shape index (κ1) is 24.9. The maximum absolute atomic E-state index is 12.6. The molecule has 166 valence electrons. The number of hydrogen-bond acceptors (Lipinski definition) is 2. The average Bonchev–Trinajstić information content (AvgIpc) is 2.77. The van der Waals surface area contributed by atoms with E-state index < -0.39 is 0 Å². The Morgan fingerprint density at radius 1 is 0.806 bits per heavy atom. The van der Waals surface area contributed by atoms with Crippen LogP contribution in [-0.4, -0.2) is 5.97 Å². The molecule has 1 heterocycles. The highest BCUT2D eigenvalue weighted by atomic mass is 35.5. The maximum Gasteiger partial charge on any atom is 0.321 e. The number of para-hydroxylation sites is 1. The summed E-state index contributed by atoms with van der Waals surface area (Å²) in [6.45, 7) is 3.20. The van der Waals surface area contributed by atoms with E-state index in [-0.39, 0.29) is 24.8 Å². The molecule has 3 aromatic rings. The summed E-state index contributed by atoms with van der Waals surface area (Å²) < 4.78 is 7.80. The Hall–Kier alpha value is -2.39. The summed E-state index contributed by atoms with van der Waals surface area (Å²) in [6, 6.07) is 19.7. The third-order valence-electron chi connectivity index (χ3n) is 5.59. The number of aryl methyl sites for hydroxylation is 1. The van der Waals surface area contributed by atoms with Gasteiger partial charge in [0.15, 0.2) is 11.9 Å². The predicted molar refractivity (Wildman–Crippen MR) is 123 cm³/mol. The summed E-state index contributed by atoms with van der Waals surface area (Å²) >= 11 is 0. The van der Waals surface area contributed by atoms with E-state index in [1.54, 1.807) is 0 Å². The lowest BCUT2D eigenvalue weighted by Gasteiger charge is -2.08. The van der Waals surface area contributed by atoms with Gasteiger partial charge in [0.25, 0.3) is 0 Å². The van der Waals surface area contributed by atoms with Crippen molar-refractivity contribution in [2.75, 3.05) is 0 Å². The highest BCUT2D eigenvalue weighted by Crippen LogP contribution is 2.18. The third kappa shape index (κ3) is 7.99. The zero-order chi connectivity index (χ0) is 21.0. The molecule has 0 bridgehead atoms. The molecule has 3 nitrogen and oxygen atoms in total. The minimum atomic E-state index is -0.220.